The molecule has 0 saturated carbocycles. The fraction of sp³-hybridized carbons (Fsp3) is 0.385. The minimum absolute atomic E-state index is 0.0622. The summed E-state index contributed by atoms with van der Waals surface area (Å²) in [5.41, 5.74) is 0.685. The van der Waals surface area contributed by atoms with Crippen LogP contribution in [0.25, 0.3) is 10.2 Å². The van der Waals surface area contributed by atoms with Crippen LogP contribution in [0.4, 0.5) is 4.39 Å². The van der Waals surface area contributed by atoms with E-state index in [1.54, 1.807) is 18.3 Å². The Hall–Kier alpha value is -1.24. The fourth-order valence-corrected chi connectivity index (χ4v) is 3.55. The third kappa shape index (κ3) is 2.28. The van der Waals surface area contributed by atoms with Crippen molar-refractivity contribution >= 4 is 39.1 Å². The lowest BCUT2D eigenvalue weighted by Gasteiger charge is -2.13. The molecular weight excluding hydrogens is 303 g/mol. The van der Waals surface area contributed by atoms with E-state index in [0.29, 0.717) is 15.4 Å². The van der Waals surface area contributed by atoms with Gasteiger partial charge in [0.1, 0.15) is 12.3 Å². The van der Waals surface area contributed by atoms with Gasteiger partial charge in [0.05, 0.1) is 33.2 Å². The topological polar surface area (TPSA) is 42.4 Å². The molecule has 0 aliphatic carbocycles. The number of fused-ring (bicyclic) bond motifs is 1. The maximum atomic E-state index is 13.6. The van der Waals surface area contributed by atoms with E-state index in [4.69, 9.17) is 16.3 Å². The van der Waals surface area contributed by atoms with Gasteiger partial charge in [-0.1, -0.05) is 11.6 Å². The Morgan fingerprint density at radius 2 is 2.40 bits per heavy atom. The molecule has 2 unspecified atom stereocenters. The summed E-state index contributed by atoms with van der Waals surface area (Å²) >= 11 is 7.35. The molecule has 0 spiro atoms. The first-order chi connectivity index (χ1) is 9.60. The Bertz CT molecular complexity index is 663. The van der Waals surface area contributed by atoms with Gasteiger partial charge in [-0.05, 0) is 12.1 Å². The van der Waals surface area contributed by atoms with Crippen molar-refractivity contribution in [2.24, 2.45) is 0 Å². The second-order valence-corrected chi connectivity index (χ2v) is 6.08. The second-order valence-electron chi connectivity index (χ2n) is 4.62. The smallest absolute Gasteiger partial charge is 0.264 e. The molecule has 1 amide bonds. The first-order valence-electron chi connectivity index (χ1n) is 6.10. The Morgan fingerprint density at radius 3 is 3.05 bits per heavy atom. The largest absolute Gasteiger partial charge is 0.377 e. The molecule has 2 aromatic rings. The summed E-state index contributed by atoms with van der Waals surface area (Å²) in [7, 11) is 1.45. The molecule has 1 aliphatic heterocycles. The van der Waals surface area contributed by atoms with Gasteiger partial charge in [0, 0.05) is 13.3 Å². The number of nitrogens with zero attached hydrogens (tertiary/aromatic N) is 2. The number of likely N-dealkylation sites (tertiary alicyclic amines) is 1. The molecule has 2 atom stereocenters. The molecule has 3 rings (SSSR count). The molecule has 7 heteroatoms. The van der Waals surface area contributed by atoms with Crippen molar-refractivity contribution in [2.75, 3.05) is 20.2 Å². The lowest BCUT2D eigenvalue weighted by atomic mass is 10.3. The van der Waals surface area contributed by atoms with Gasteiger partial charge in [-0.3, -0.25) is 9.78 Å². The van der Waals surface area contributed by atoms with E-state index in [1.807, 2.05) is 0 Å². The third-order valence-corrected chi connectivity index (χ3v) is 4.94. The molecule has 1 aliphatic rings. The van der Waals surface area contributed by atoms with Crippen molar-refractivity contribution in [1.82, 2.24) is 9.88 Å². The van der Waals surface area contributed by atoms with E-state index in [0.717, 1.165) is 4.70 Å². The monoisotopic (exact) mass is 314 g/mol. The molecule has 0 aromatic carbocycles. The first-order valence-corrected chi connectivity index (χ1v) is 7.30. The quantitative estimate of drug-likeness (QED) is 0.856. The molecule has 1 saturated heterocycles. The number of carbonyl (C=O) groups excluding carboxylic acids is 1. The summed E-state index contributed by atoms with van der Waals surface area (Å²) in [6.07, 6.45) is -0.0878. The Labute approximate surface area is 124 Å². The number of carbonyl (C=O) groups is 1. The van der Waals surface area contributed by atoms with Crippen molar-refractivity contribution in [2.45, 2.75) is 12.3 Å². The van der Waals surface area contributed by atoms with Gasteiger partial charge >= 0.3 is 0 Å². The average molecular weight is 315 g/mol. The van der Waals surface area contributed by atoms with Gasteiger partial charge in [-0.2, -0.15) is 0 Å². The lowest BCUT2D eigenvalue weighted by Crippen LogP contribution is -2.29. The number of pyridine rings is 1. The summed E-state index contributed by atoms with van der Waals surface area (Å²) in [4.78, 5) is 18.5. The minimum atomic E-state index is -1.14. The number of methoxy groups -OCH3 is 1. The zero-order chi connectivity index (χ0) is 14.3. The Kier molecular flexibility index (Phi) is 3.62. The highest BCUT2D eigenvalue weighted by Gasteiger charge is 2.36. The van der Waals surface area contributed by atoms with E-state index in [9.17, 15) is 9.18 Å². The highest BCUT2D eigenvalue weighted by Crippen LogP contribution is 2.31. The van der Waals surface area contributed by atoms with Gasteiger partial charge in [0.25, 0.3) is 5.91 Å². The number of rotatable bonds is 2. The van der Waals surface area contributed by atoms with Crippen LogP contribution in [0.15, 0.2) is 18.3 Å². The van der Waals surface area contributed by atoms with Crippen LogP contribution in [0.5, 0.6) is 0 Å². The van der Waals surface area contributed by atoms with Crippen LogP contribution in [-0.4, -0.2) is 48.3 Å². The van der Waals surface area contributed by atoms with E-state index >= 15 is 0 Å². The first kappa shape index (κ1) is 13.7. The van der Waals surface area contributed by atoms with Crippen molar-refractivity contribution < 1.29 is 13.9 Å². The van der Waals surface area contributed by atoms with Crippen molar-refractivity contribution in [3.63, 3.8) is 0 Å². The van der Waals surface area contributed by atoms with Crippen molar-refractivity contribution in [3.05, 3.63) is 28.2 Å². The number of ether oxygens (including phenoxy) is 1. The van der Waals surface area contributed by atoms with E-state index in [2.05, 4.69) is 4.98 Å². The minimum Gasteiger partial charge on any atom is -0.377 e. The predicted molar refractivity (Wildman–Crippen MR) is 76.2 cm³/mol. The Morgan fingerprint density at radius 1 is 1.60 bits per heavy atom. The number of aromatic nitrogens is 1. The van der Waals surface area contributed by atoms with Crippen LogP contribution in [0.1, 0.15) is 9.67 Å². The zero-order valence-electron chi connectivity index (χ0n) is 10.7. The molecule has 2 aromatic heterocycles. The van der Waals surface area contributed by atoms with Crippen LogP contribution < -0.4 is 0 Å². The summed E-state index contributed by atoms with van der Waals surface area (Å²) < 4.78 is 19.4. The van der Waals surface area contributed by atoms with Gasteiger partial charge < -0.3 is 9.64 Å². The van der Waals surface area contributed by atoms with Gasteiger partial charge in [0.2, 0.25) is 0 Å². The van der Waals surface area contributed by atoms with Gasteiger partial charge in [0.15, 0.2) is 0 Å². The van der Waals surface area contributed by atoms with Crippen molar-refractivity contribution in [3.8, 4) is 0 Å². The summed E-state index contributed by atoms with van der Waals surface area (Å²) in [5, 5.41) is 0.568. The van der Waals surface area contributed by atoms with E-state index in [-0.39, 0.29) is 19.0 Å². The van der Waals surface area contributed by atoms with Crippen LogP contribution in [0, 0.1) is 0 Å². The van der Waals surface area contributed by atoms with Crippen LogP contribution in [0.3, 0.4) is 0 Å². The SMILES string of the molecule is COC1CN(C(=O)c2cc3nccc(Cl)c3s2)CC1F. The van der Waals surface area contributed by atoms with E-state index in [1.165, 1.54) is 23.3 Å². The van der Waals surface area contributed by atoms with Crippen LogP contribution >= 0.6 is 22.9 Å². The maximum absolute atomic E-state index is 13.6. The van der Waals surface area contributed by atoms with Gasteiger partial charge in [-0.25, -0.2) is 4.39 Å². The number of halogens is 2. The summed E-state index contributed by atoms with van der Waals surface area (Å²) in [6.45, 7) is 0.332. The fourth-order valence-electron chi connectivity index (χ4n) is 2.29. The Balaban J connectivity index is 1.88. The summed E-state index contributed by atoms with van der Waals surface area (Å²) in [5.74, 6) is -0.203. The number of hydrogen-bond donors (Lipinski definition) is 0. The molecular formula is C13H12ClFN2O2S. The normalized spacial score (nSPS) is 22.6. The number of thiophene rings is 1. The van der Waals surface area contributed by atoms with Crippen LogP contribution in [0.2, 0.25) is 5.02 Å². The lowest BCUT2D eigenvalue weighted by molar-refractivity contribution is 0.0596. The van der Waals surface area contributed by atoms with Gasteiger partial charge in [-0.15, -0.1) is 11.3 Å². The molecule has 0 N–H and O–H groups in total. The molecule has 4 nitrogen and oxygen atoms in total. The predicted octanol–water partition coefficient (Wildman–Crippen LogP) is 2.76. The third-order valence-electron chi connectivity index (χ3n) is 3.36. The molecule has 1 fully saturated rings. The second kappa shape index (κ2) is 5.27. The molecule has 20 heavy (non-hydrogen) atoms. The van der Waals surface area contributed by atoms with Crippen LogP contribution in [-0.2, 0) is 4.74 Å². The number of hydrogen-bond acceptors (Lipinski definition) is 4. The highest BCUT2D eigenvalue weighted by atomic mass is 35.5. The molecule has 3 heterocycles. The average Bonchev–Trinajstić information content (AvgIpc) is 3.02. The van der Waals surface area contributed by atoms with Crippen molar-refractivity contribution in [1.29, 1.82) is 0 Å². The molecule has 0 radical (unpaired) electrons. The standard InChI is InChI=1S/C13H12ClFN2O2S/c1-19-10-6-17(5-8(10)15)13(18)11-4-9-12(20-11)7(14)2-3-16-9/h2-4,8,10H,5-6H2,1H3. The molecule has 0 bridgehead atoms. The number of amides is 1. The zero-order valence-corrected chi connectivity index (χ0v) is 12.2. The summed E-state index contributed by atoms with van der Waals surface area (Å²) in [6, 6.07) is 3.38. The maximum Gasteiger partial charge on any atom is 0.264 e. The number of alkyl halides is 1. The highest BCUT2D eigenvalue weighted by molar-refractivity contribution is 7.21. The van der Waals surface area contributed by atoms with E-state index < -0.39 is 12.3 Å². The molecule has 106 valence electrons.